The minimum Gasteiger partial charge on any atom is -0.497 e. The van der Waals surface area contributed by atoms with Gasteiger partial charge in [0.25, 0.3) is 10.0 Å². The third-order valence-corrected chi connectivity index (χ3v) is 4.31. The lowest BCUT2D eigenvalue weighted by Gasteiger charge is -2.06. The predicted octanol–water partition coefficient (Wildman–Crippen LogP) is 1.95. The van der Waals surface area contributed by atoms with E-state index in [0.717, 1.165) is 11.3 Å². The van der Waals surface area contributed by atoms with Crippen molar-refractivity contribution in [2.75, 3.05) is 7.11 Å². The third-order valence-electron chi connectivity index (χ3n) is 3.01. The lowest BCUT2D eigenvalue weighted by atomic mass is 10.2. The van der Waals surface area contributed by atoms with Crippen molar-refractivity contribution < 1.29 is 13.2 Å². The van der Waals surface area contributed by atoms with Crippen LogP contribution in [0.25, 0.3) is 0 Å². The molecule has 1 aromatic carbocycles. The van der Waals surface area contributed by atoms with E-state index in [1.54, 1.807) is 30.1 Å². The zero-order valence-corrected chi connectivity index (χ0v) is 13.1. The van der Waals surface area contributed by atoms with Crippen LogP contribution in [0.4, 0.5) is 0 Å². The highest BCUT2D eigenvalue weighted by Crippen LogP contribution is 2.13. The van der Waals surface area contributed by atoms with Gasteiger partial charge in [0.2, 0.25) is 0 Å². The summed E-state index contributed by atoms with van der Waals surface area (Å²) in [7, 11) is -2.01. The summed E-state index contributed by atoms with van der Waals surface area (Å²) < 4.78 is 33.5. The van der Waals surface area contributed by atoms with Gasteiger partial charge >= 0.3 is 0 Å². The maximum Gasteiger partial charge on any atom is 0.260 e. The maximum absolute atomic E-state index is 12.2. The molecule has 1 aromatic heterocycles. The van der Waals surface area contributed by atoms with Gasteiger partial charge < -0.3 is 4.74 Å². The van der Waals surface area contributed by atoms with Gasteiger partial charge in [-0.3, -0.25) is 4.68 Å². The quantitative estimate of drug-likeness (QED) is 0.885. The van der Waals surface area contributed by atoms with Crippen molar-refractivity contribution >= 4 is 10.0 Å². The van der Waals surface area contributed by atoms with Crippen molar-refractivity contribution in [3.05, 3.63) is 42.1 Å². The topological polar surface area (TPSA) is 73.2 Å². The van der Waals surface area contributed by atoms with Crippen molar-refractivity contribution in [2.24, 2.45) is 0 Å². The first kappa shape index (κ1) is 15.5. The minimum absolute atomic E-state index is 0.0321. The highest BCUT2D eigenvalue weighted by atomic mass is 32.2. The molecule has 7 heteroatoms. The molecular weight excluding hydrogens is 290 g/mol. The fourth-order valence-electron chi connectivity index (χ4n) is 1.75. The maximum atomic E-state index is 12.2. The second kappa shape index (κ2) is 6.28. The van der Waals surface area contributed by atoms with Crippen LogP contribution in [0, 0.1) is 0 Å². The first-order valence-corrected chi connectivity index (χ1v) is 8.08. The lowest BCUT2D eigenvalue weighted by Crippen LogP contribution is -2.24. The molecule has 0 unspecified atom stereocenters. The molecule has 0 saturated carbocycles. The van der Waals surface area contributed by atoms with Crippen molar-refractivity contribution in [2.45, 2.75) is 31.5 Å². The summed E-state index contributed by atoms with van der Waals surface area (Å²) in [5.41, 5.74) is 0.850. The molecule has 0 bridgehead atoms. The van der Waals surface area contributed by atoms with Crippen molar-refractivity contribution in [1.29, 1.82) is 0 Å². The highest BCUT2D eigenvalue weighted by molar-refractivity contribution is 7.89. The average Bonchev–Trinajstić information content (AvgIpc) is 2.97. The number of aromatic nitrogens is 2. The number of nitrogens with one attached hydrogen (secondary N) is 1. The monoisotopic (exact) mass is 309 g/mol. The van der Waals surface area contributed by atoms with Crippen LogP contribution >= 0.6 is 0 Å². The zero-order chi connectivity index (χ0) is 15.5. The Kier molecular flexibility index (Phi) is 4.64. The van der Waals surface area contributed by atoms with E-state index in [9.17, 15) is 8.42 Å². The molecular formula is C14H19N3O3S. The molecule has 6 nitrogen and oxygen atoms in total. The largest absolute Gasteiger partial charge is 0.497 e. The first-order chi connectivity index (χ1) is 9.92. The summed E-state index contributed by atoms with van der Waals surface area (Å²) in [6, 6.07) is 8.82. The van der Waals surface area contributed by atoms with E-state index in [1.807, 2.05) is 26.0 Å². The molecule has 1 N–H and O–H groups in total. The summed E-state index contributed by atoms with van der Waals surface area (Å²) in [4.78, 5) is 0. The molecule has 1 heterocycles. The molecule has 0 aliphatic rings. The van der Waals surface area contributed by atoms with Gasteiger partial charge in [0.15, 0.2) is 5.03 Å². The van der Waals surface area contributed by atoms with Gasteiger partial charge in [-0.05, 0) is 37.6 Å². The molecule has 114 valence electrons. The molecule has 2 rings (SSSR count). The van der Waals surface area contributed by atoms with E-state index in [4.69, 9.17) is 4.74 Å². The molecule has 0 aliphatic heterocycles. The second-order valence-corrected chi connectivity index (χ2v) is 6.61. The minimum atomic E-state index is -3.60. The molecule has 0 atom stereocenters. The predicted molar refractivity (Wildman–Crippen MR) is 79.6 cm³/mol. The van der Waals surface area contributed by atoms with Crippen LogP contribution in [0.2, 0.25) is 0 Å². The van der Waals surface area contributed by atoms with Crippen LogP contribution in [-0.4, -0.2) is 25.3 Å². The molecule has 0 saturated heterocycles. The molecule has 0 spiro atoms. The number of methoxy groups -OCH3 is 1. The zero-order valence-electron chi connectivity index (χ0n) is 12.3. The van der Waals surface area contributed by atoms with Crippen LogP contribution in [-0.2, 0) is 16.6 Å². The van der Waals surface area contributed by atoms with Crippen LogP contribution in [0.5, 0.6) is 5.75 Å². The van der Waals surface area contributed by atoms with Gasteiger partial charge in [-0.2, -0.15) is 5.10 Å². The number of nitrogens with zero attached hydrogens (tertiary/aromatic N) is 2. The Morgan fingerprint density at radius 1 is 1.24 bits per heavy atom. The fourth-order valence-corrected chi connectivity index (χ4v) is 2.69. The Bertz CT molecular complexity index is 691. The SMILES string of the molecule is COc1ccc(CNS(=O)(=O)c2ccn(C(C)C)n2)cc1. The van der Waals surface area contributed by atoms with Gasteiger partial charge in [-0.15, -0.1) is 0 Å². The van der Waals surface area contributed by atoms with Gasteiger partial charge in [0.05, 0.1) is 7.11 Å². The number of ether oxygens (including phenoxy) is 1. The Morgan fingerprint density at radius 2 is 1.90 bits per heavy atom. The fraction of sp³-hybridized carbons (Fsp3) is 0.357. The highest BCUT2D eigenvalue weighted by Gasteiger charge is 2.17. The van der Waals surface area contributed by atoms with E-state index < -0.39 is 10.0 Å². The van der Waals surface area contributed by atoms with Gasteiger partial charge in [-0.1, -0.05) is 12.1 Å². The standard InChI is InChI=1S/C14H19N3O3S/c1-11(2)17-9-8-14(16-17)21(18,19)15-10-12-4-6-13(20-3)7-5-12/h4-9,11,15H,10H2,1-3H3. The molecule has 0 fully saturated rings. The van der Waals surface area contributed by atoms with E-state index in [0.29, 0.717) is 0 Å². The molecule has 2 aromatic rings. The Labute approximate surface area is 124 Å². The normalized spacial score (nSPS) is 11.8. The van der Waals surface area contributed by atoms with Crippen molar-refractivity contribution in [3.63, 3.8) is 0 Å². The van der Waals surface area contributed by atoms with Gasteiger partial charge in [0, 0.05) is 18.8 Å². The molecule has 21 heavy (non-hydrogen) atoms. The smallest absolute Gasteiger partial charge is 0.260 e. The van der Waals surface area contributed by atoms with Crippen LogP contribution in [0.15, 0.2) is 41.6 Å². The third kappa shape index (κ3) is 3.83. The van der Waals surface area contributed by atoms with E-state index >= 15 is 0 Å². The Balaban J connectivity index is 2.06. The van der Waals surface area contributed by atoms with Gasteiger partial charge in [0.1, 0.15) is 5.75 Å². The Morgan fingerprint density at radius 3 is 2.43 bits per heavy atom. The number of hydrogen-bond donors (Lipinski definition) is 1. The average molecular weight is 309 g/mol. The molecule has 0 aliphatic carbocycles. The summed E-state index contributed by atoms with van der Waals surface area (Å²) in [5, 5.41) is 4.10. The molecule has 0 radical (unpaired) electrons. The van der Waals surface area contributed by atoms with Gasteiger partial charge in [-0.25, -0.2) is 13.1 Å². The summed E-state index contributed by atoms with van der Waals surface area (Å²) >= 11 is 0. The van der Waals surface area contributed by atoms with Crippen molar-refractivity contribution in [1.82, 2.24) is 14.5 Å². The van der Waals surface area contributed by atoms with E-state index in [2.05, 4.69) is 9.82 Å². The first-order valence-electron chi connectivity index (χ1n) is 6.60. The molecule has 0 amide bonds. The summed E-state index contributed by atoms with van der Waals surface area (Å²) in [6.07, 6.45) is 1.66. The van der Waals surface area contributed by atoms with Crippen LogP contribution in [0.3, 0.4) is 0 Å². The van der Waals surface area contributed by atoms with E-state index in [-0.39, 0.29) is 17.6 Å². The number of hydrogen-bond acceptors (Lipinski definition) is 4. The number of rotatable bonds is 6. The second-order valence-electron chi connectivity index (χ2n) is 4.90. The Hall–Kier alpha value is -1.86. The number of benzene rings is 1. The number of sulfonamides is 1. The van der Waals surface area contributed by atoms with Crippen LogP contribution in [0.1, 0.15) is 25.5 Å². The van der Waals surface area contributed by atoms with E-state index in [1.165, 1.54) is 6.07 Å². The van der Waals surface area contributed by atoms with Crippen LogP contribution < -0.4 is 9.46 Å². The lowest BCUT2D eigenvalue weighted by molar-refractivity contribution is 0.414. The van der Waals surface area contributed by atoms with Crippen molar-refractivity contribution in [3.8, 4) is 5.75 Å². The summed E-state index contributed by atoms with van der Waals surface area (Å²) in [5.74, 6) is 0.734. The summed E-state index contributed by atoms with van der Waals surface area (Å²) in [6.45, 7) is 4.09.